The molecule has 1 N–H and O–H groups in total. The van der Waals surface area contributed by atoms with Crippen LogP contribution >= 0.6 is 0 Å². The van der Waals surface area contributed by atoms with E-state index in [1.807, 2.05) is 18.3 Å². The van der Waals surface area contributed by atoms with Crippen molar-refractivity contribution in [2.24, 2.45) is 5.92 Å². The van der Waals surface area contributed by atoms with Crippen LogP contribution in [0.4, 0.5) is 0 Å². The number of nitrogens with zero attached hydrogens (tertiary/aromatic N) is 6. The van der Waals surface area contributed by atoms with Gasteiger partial charge < -0.3 is 4.90 Å². The van der Waals surface area contributed by atoms with Crippen LogP contribution < -0.4 is 5.69 Å². The first-order valence-electron chi connectivity index (χ1n) is 11.0. The Balaban J connectivity index is 1.30. The number of fused-ring (bicyclic) bond motifs is 1. The molecule has 3 aromatic heterocycles. The molecular weight excluding hydrogens is 366 g/mol. The number of aromatic amines is 1. The molecule has 0 spiro atoms. The van der Waals surface area contributed by atoms with Crippen LogP contribution in [-0.2, 0) is 0 Å². The molecule has 8 nitrogen and oxygen atoms in total. The lowest BCUT2D eigenvalue weighted by molar-refractivity contribution is 0.182. The second-order valence-electron chi connectivity index (χ2n) is 8.61. The molecule has 29 heavy (non-hydrogen) atoms. The third-order valence-corrected chi connectivity index (χ3v) is 6.64. The zero-order valence-corrected chi connectivity index (χ0v) is 16.8. The first kappa shape index (κ1) is 18.5. The zero-order valence-electron chi connectivity index (χ0n) is 16.8. The number of pyridine rings is 1. The molecule has 0 amide bonds. The maximum absolute atomic E-state index is 12.6. The van der Waals surface area contributed by atoms with Crippen molar-refractivity contribution >= 4 is 5.65 Å². The van der Waals surface area contributed by atoms with Crippen molar-refractivity contribution in [1.82, 2.24) is 34.3 Å². The second-order valence-corrected chi connectivity index (χ2v) is 8.61. The average molecular weight is 396 g/mol. The Morgan fingerprint density at radius 2 is 2.03 bits per heavy atom. The maximum atomic E-state index is 12.6. The quantitative estimate of drug-likeness (QED) is 0.718. The summed E-state index contributed by atoms with van der Waals surface area (Å²) in [5.74, 6) is 1.98. The minimum Gasteiger partial charge on any atom is -0.303 e. The van der Waals surface area contributed by atoms with Gasteiger partial charge in [-0.3, -0.25) is 9.38 Å². The molecule has 0 unspecified atom stereocenters. The predicted molar refractivity (Wildman–Crippen MR) is 110 cm³/mol. The lowest BCUT2D eigenvalue weighted by atomic mass is 9.86. The molecule has 1 saturated heterocycles. The van der Waals surface area contributed by atoms with Gasteiger partial charge in [-0.25, -0.2) is 4.79 Å². The highest BCUT2D eigenvalue weighted by Gasteiger charge is 2.26. The van der Waals surface area contributed by atoms with Crippen LogP contribution in [0.3, 0.4) is 0 Å². The van der Waals surface area contributed by atoms with Gasteiger partial charge in [-0.2, -0.15) is 4.68 Å². The van der Waals surface area contributed by atoms with E-state index >= 15 is 0 Å². The van der Waals surface area contributed by atoms with Crippen molar-refractivity contribution in [2.45, 2.75) is 57.3 Å². The van der Waals surface area contributed by atoms with Crippen LogP contribution in [0.2, 0.25) is 0 Å². The van der Waals surface area contributed by atoms with E-state index in [1.54, 1.807) is 10.7 Å². The summed E-state index contributed by atoms with van der Waals surface area (Å²) in [5, 5.41) is 12.7. The first-order chi connectivity index (χ1) is 14.3. The summed E-state index contributed by atoms with van der Waals surface area (Å²) >= 11 is 0. The molecule has 3 aromatic rings. The molecule has 154 valence electrons. The molecule has 0 bridgehead atoms. The van der Waals surface area contributed by atoms with Gasteiger partial charge in [0, 0.05) is 18.7 Å². The lowest BCUT2D eigenvalue weighted by Gasteiger charge is -2.33. The van der Waals surface area contributed by atoms with Crippen molar-refractivity contribution in [3.8, 4) is 5.69 Å². The molecule has 0 radical (unpaired) electrons. The predicted octanol–water partition coefficient (Wildman–Crippen LogP) is 2.75. The minimum atomic E-state index is -0.213. The van der Waals surface area contributed by atoms with Gasteiger partial charge in [0.1, 0.15) is 17.8 Å². The lowest BCUT2D eigenvalue weighted by Crippen LogP contribution is -2.36. The molecule has 0 aromatic carbocycles. The molecule has 2 fully saturated rings. The van der Waals surface area contributed by atoms with E-state index in [-0.39, 0.29) is 11.6 Å². The van der Waals surface area contributed by atoms with Gasteiger partial charge in [-0.05, 0) is 50.4 Å². The molecule has 2 aliphatic rings. The van der Waals surface area contributed by atoms with Crippen LogP contribution in [0.15, 0.2) is 29.5 Å². The van der Waals surface area contributed by atoms with E-state index in [1.165, 1.54) is 49.8 Å². The fourth-order valence-corrected chi connectivity index (χ4v) is 5.01. The molecular formula is C21H29N7O. The number of hydrogen-bond donors (Lipinski definition) is 1. The van der Waals surface area contributed by atoms with Gasteiger partial charge in [0.05, 0.1) is 0 Å². The third-order valence-electron chi connectivity index (χ3n) is 6.64. The highest BCUT2D eigenvalue weighted by Crippen LogP contribution is 2.28. The number of piperidine rings is 1. The summed E-state index contributed by atoms with van der Waals surface area (Å²) in [6.45, 7) is 3.31. The van der Waals surface area contributed by atoms with E-state index < -0.39 is 0 Å². The van der Waals surface area contributed by atoms with E-state index in [2.05, 4.69) is 25.2 Å². The molecule has 1 aliphatic heterocycles. The van der Waals surface area contributed by atoms with Gasteiger partial charge in [0.2, 0.25) is 0 Å². The minimum absolute atomic E-state index is 0.213. The average Bonchev–Trinajstić information content (AvgIpc) is 3.40. The standard InChI is InChI=1S/C21H29N7O/c29-21-23-19(25-28(21)18-9-5-12-27-15-22-24-20(18)27)17-8-4-11-26(14-17)13-10-16-6-2-1-3-7-16/h5,9,12,15-17H,1-4,6-8,10-11,13-14H2,(H,23,25,29)/t17-/m0/s1. The van der Waals surface area contributed by atoms with Crippen molar-refractivity contribution in [3.05, 3.63) is 41.0 Å². The number of H-pyrrole nitrogens is 1. The van der Waals surface area contributed by atoms with Crippen LogP contribution in [0, 0.1) is 5.92 Å². The second kappa shape index (κ2) is 8.10. The van der Waals surface area contributed by atoms with Gasteiger partial charge in [-0.15, -0.1) is 15.3 Å². The summed E-state index contributed by atoms with van der Waals surface area (Å²) in [6.07, 6.45) is 14.1. The van der Waals surface area contributed by atoms with Gasteiger partial charge in [0.15, 0.2) is 5.65 Å². The first-order valence-corrected chi connectivity index (χ1v) is 11.0. The van der Waals surface area contributed by atoms with Crippen LogP contribution in [0.25, 0.3) is 11.3 Å². The highest BCUT2D eigenvalue weighted by atomic mass is 16.2. The molecule has 4 heterocycles. The van der Waals surface area contributed by atoms with Crippen LogP contribution in [-0.4, -0.2) is 53.9 Å². The zero-order chi connectivity index (χ0) is 19.6. The topological polar surface area (TPSA) is 84.1 Å². The van der Waals surface area contributed by atoms with Crippen molar-refractivity contribution < 1.29 is 0 Å². The summed E-state index contributed by atoms with van der Waals surface area (Å²) in [5.41, 5.74) is 1.07. The monoisotopic (exact) mass is 395 g/mol. The normalized spacial score (nSPS) is 21.7. The van der Waals surface area contributed by atoms with Crippen molar-refractivity contribution in [2.75, 3.05) is 19.6 Å². The summed E-state index contributed by atoms with van der Waals surface area (Å²) in [7, 11) is 0. The van der Waals surface area contributed by atoms with E-state index in [4.69, 9.17) is 0 Å². The Labute approximate surface area is 169 Å². The molecule has 5 rings (SSSR count). The van der Waals surface area contributed by atoms with E-state index in [0.29, 0.717) is 11.3 Å². The summed E-state index contributed by atoms with van der Waals surface area (Å²) in [6, 6.07) is 3.73. The van der Waals surface area contributed by atoms with Gasteiger partial charge in [0.25, 0.3) is 0 Å². The largest absolute Gasteiger partial charge is 0.348 e. The van der Waals surface area contributed by atoms with Crippen molar-refractivity contribution in [1.29, 1.82) is 0 Å². The van der Waals surface area contributed by atoms with E-state index in [9.17, 15) is 4.79 Å². The van der Waals surface area contributed by atoms with Crippen LogP contribution in [0.5, 0.6) is 0 Å². The number of rotatable bonds is 5. The molecule has 8 heteroatoms. The Bertz CT molecular complexity index is 1010. The smallest absolute Gasteiger partial charge is 0.303 e. The third kappa shape index (κ3) is 3.85. The number of likely N-dealkylation sites (tertiary alicyclic amines) is 1. The molecule has 1 atom stereocenters. The Hall–Kier alpha value is -2.48. The van der Waals surface area contributed by atoms with Gasteiger partial charge in [-0.1, -0.05) is 32.1 Å². The SMILES string of the molecule is O=c1[nH]c([C@H]2CCCN(CCC3CCCCC3)C2)nn1-c1cccn2cnnc12. The maximum Gasteiger partial charge on any atom is 0.348 e. The summed E-state index contributed by atoms with van der Waals surface area (Å²) < 4.78 is 3.23. The number of hydrogen-bond acceptors (Lipinski definition) is 5. The van der Waals surface area contributed by atoms with Gasteiger partial charge >= 0.3 is 5.69 Å². The Morgan fingerprint density at radius 3 is 2.93 bits per heavy atom. The van der Waals surface area contributed by atoms with Crippen molar-refractivity contribution in [3.63, 3.8) is 0 Å². The Morgan fingerprint density at radius 1 is 1.14 bits per heavy atom. The number of nitrogens with one attached hydrogen (secondary N) is 1. The number of aromatic nitrogens is 6. The fourth-order valence-electron chi connectivity index (χ4n) is 5.01. The molecule has 1 saturated carbocycles. The summed E-state index contributed by atoms with van der Waals surface area (Å²) in [4.78, 5) is 18.2. The van der Waals surface area contributed by atoms with E-state index in [0.717, 1.165) is 37.7 Å². The Kier molecular flexibility index (Phi) is 5.18. The highest BCUT2D eigenvalue weighted by molar-refractivity contribution is 5.57. The fraction of sp³-hybridized carbons (Fsp3) is 0.619. The van der Waals surface area contributed by atoms with Crippen LogP contribution in [0.1, 0.15) is 63.1 Å². The molecule has 1 aliphatic carbocycles.